The van der Waals surface area contributed by atoms with E-state index >= 15 is 0 Å². The Morgan fingerprint density at radius 3 is 1.86 bits per heavy atom. The van der Waals surface area contributed by atoms with Gasteiger partial charge in [0, 0.05) is 4.83 Å². The molecule has 0 aromatic heterocycles. The second-order valence-corrected chi connectivity index (χ2v) is 3.34. The van der Waals surface area contributed by atoms with Crippen LogP contribution in [0, 0.1) is 5.92 Å². The minimum absolute atomic E-state index is 0.715. The number of alkyl halides is 1. The second kappa shape index (κ2) is 3.48. The summed E-state index contributed by atoms with van der Waals surface area (Å²) in [5, 5.41) is 0. The Morgan fingerprint density at radius 2 is 1.86 bits per heavy atom. The topological polar surface area (TPSA) is 0 Å². The third-order valence-electron chi connectivity index (χ3n) is 1.11. The van der Waals surface area contributed by atoms with Crippen molar-refractivity contribution in [2.75, 3.05) is 0 Å². The minimum atomic E-state index is 0.715. The molecule has 1 atom stereocenters. The van der Waals surface area contributed by atoms with E-state index in [0.717, 1.165) is 5.92 Å². The molecule has 1 unspecified atom stereocenters. The fraction of sp³-hybridized carbons (Fsp3) is 1.00. The zero-order valence-corrected chi connectivity index (χ0v) is 6.83. The Hall–Kier alpha value is 0.480. The normalized spacial score (nSPS) is 15.0. The van der Waals surface area contributed by atoms with E-state index in [-0.39, 0.29) is 0 Å². The Bertz CT molecular complexity index is 41.4. The van der Waals surface area contributed by atoms with Gasteiger partial charge in [-0.3, -0.25) is 0 Å². The highest BCUT2D eigenvalue weighted by molar-refractivity contribution is 9.09. The maximum absolute atomic E-state index is 3.54. The average molecular weight is 165 g/mol. The molecule has 0 saturated heterocycles. The third-order valence-corrected chi connectivity index (χ3v) is 2.82. The van der Waals surface area contributed by atoms with Crippen LogP contribution >= 0.6 is 15.9 Å². The summed E-state index contributed by atoms with van der Waals surface area (Å²) >= 11 is 3.54. The summed E-state index contributed by atoms with van der Waals surface area (Å²) in [4.78, 5) is 0.715. The Balaban J connectivity index is 3.14. The summed E-state index contributed by atoms with van der Waals surface area (Å²) in [5.74, 6) is 0.782. The molecular formula is C6H13Br. The van der Waals surface area contributed by atoms with Crippen LogP contribution in [-0.2, 0) is 0 Å². The van der Waals surface area contributed by atoms with Gasteiger partial charge in [0.05, 0.1) is 0 Å². The van der Waals surface area contributed by atoms with E-state index in [2.05, 4.69) is 36.7 Å². The molecule has 0 rings (SSSR count). The average Bonchev–Trinajstić information content (AvgIpc) is 1.65. The maximum atomic E-state index is 3.54. The van der Waals surface area contributed by atoms with E-state index in [9.17, 15) is 0 Å². The monoisotopic (exact) mass is 164 g/mol. The smallest absolute Gasteiger partial charge is 0.0166 e. The maximum Gasteiger partial charge on any atom is 0.0166 e. The molecule has 0 aromatic carbocycles. The molecule has 0 heterocycles. The van der Waals surface area contributed by atoms with Crippen LogP contribution in [0.2, 0.25) is 0 Å². The Labute approximate surface area is 54.4 Å². The molecule has 0 aliphatic carbocycles. The molecule has 0 aromatic rings. The van der Waals surface area contributed by atoms with Crippen molar-refractivity contribution in [1.29, 1.82) is 0 Å². The summed E-state index contributed by atoms with van der Waals surface area (Å²) in [6.07, 6.45) is 1.23. The van der Waals surface area contributed by atoms with Crippen LogP contribution in [0.1, 0.15) is 27.2 Å². The highest BCUT2D eigenvalue weighted by atomic mass is 79.9. The van der Waals surface area contributed by atoms with Crippen molar-refractivity contribution >= 4 is 15.9 Å². The molecule has 0 radical (unpaired) electrons. The number of hydrogen-bond donors (Lipinski definition) is 0. The van der Waals surface area contributed by atoms with Crippen LogP contribution in [-0.4, -0.2) is 4.83 Å². The van der Waals surface area contributed by atoms with Crippen LogP contribution in [0.4, 0.5) is 0 Å². The zero-order chi connectivity index (χ0) is 5.86. The molecule has 7 heavy (non-hydrogen) atoms. The first-order valence-electron chi connectivity index (χ1n) is 2.82. The molecule has 0 aliphatic rings. The lowest BCUT2D eigenvalue weighted by molar-refractivity contribution is 0.603. The van der Waals surface area contributed by atoms with Crippen molar-refractivity contribution in [1.82, 2.24) is 0 Å². The first kappa shape index (κ1) is 7.48. The van der Waals surface area contributed by atoms with Crippen LogP contribution in [0.5, 0.6) is 0 Å². The SMILES string of the molecule is CCC(Br)C(C)C. The van der Waals surface area contributed by atoms with E-state index in [1.54, 1.807) is 0 Å². The Kier molecular flexibility index (Phi) is 3.72. The largest absolute Gasteiger partial charge is 0.0888 e. The van der Waals surface area contributed by atoms with Gasteiger partial charge < -0.3 is 0 Å². The lowest BCUT2D eigenvalue weighted by Gasteiger charge is -2.08. The molecule has 0 N–H and O–H groups in total. The summed E-state index contributed by atoms with van der Waals surface area (Å²) in [7, 11) is 0. The number of halogens is 1. The predicted molar refractivity (Wildman–Crippen MR) is 37.8 cm³/mol. The molecule has 1 heteroatoms. The van der Waals surface area contributed by atoms with Gasteiger partial charge in [-0.05, 0) is 12.3 Å². The Morgan fingerprint density at radius 1 is 1.43 bits per heavy atom. The van der Waals surface area contributed by atoms with Gasteiger partial charge in [0.15, 0.2) is 0 Å². The predicted octanol–water partition coefficient (Wildman–Crippen LogP) is 2.82. The molecule has 0 nitrogen and oxygen atoms in total. The summed E-state index contributed by atoms with van der Waals surface area (Å²) < 4.78 is 0. The van der Waals surface area contributed by atoms with Crippen LogP contribution in [0.15, 0.2) is 0 Å². The minimum Gasteiger partial charge on any atom is -0.0888 e. The highest BCUT2D eigenvalue weighted by Crippen LogP contribution is 2.14. The number of rotatable bonds is 2. The van der Waals surface area contributed by atoms with Gasteiger partial charge in [-0.25, -0.2) is 0 Å². The van der Waals surface area contributed by atoms with Gasteiger partial charge in [0.25, 0.3) is 0 Å². The summed E-state index contributed by atoms with van der Waals surface area (Å²) in [6, 6.07) is 0. The zero-order valence-electron chi connectivity index (χ0n) is 5.24. The first-order chi connectivity index (χ1) is 3.18. The van der Waals surface area contributed by atoms with Crippen molar-refractivity contribution in [2.45, 2.75) is 32.0 Å². The van der Waals surface area contributed by atoms with Gasteiger partial charge in [0.2, 0.25) is 0 Å². The molecule has 44 valence electrons. The van der Waals surface area contributed by atoms with Gasteiger partial charge >= 0.3 is 0 Å². The van der Waals surface area contributed by atoms with Crippen LogP contribution < -0.4 is 0 Å². The van der Waals surface area contributed by atoms with E-state index in [1.807, 2.05) is 0 Å². The van der Waals surface area contributed by atoms with Crippen molar-refractivity contribution in [3.05, 3.63) is 0 Å². The van der Waals surface area contributed by atoms with Gasteiger partial charge in [0.1, 0.15) is 0 Å². The van der Waals surface area contributed by atoms with E-state index < -0.39 is 0 Å². The lowest BCUT2D eigenvalue weighted by atomic mass is 10.1. The van der Waals surface area contributed by atoms with Crippen molar-refractivity contribution in [2.24, 2.45) is 5.92 Å². The second-order valence-electron chi connectivity index (χ2n) is 2.17. The molecule has 0 saturated carbocycles. The molecule has 0 amide bonds. The first-order valence-corrected chi connectivity index (χ1v) is 3.74. The van der Waals surface area contributed by atoms with Crippen LogP contribution in [0.3, 0.4) is 0 Å². The van der Waals surface area contributed by atoms with Crippen LogP contribution in [0.25, 0.3) is 0 Å². The molecule has 0 bridgehead atoms. The van der Waals surface area contributed by atoms with Crippen molar-refractivity contribution in [3.63, 3.8) is 0 Å². The van der Waals surface area contributed by atoms with Gasteiger partial charge in [-0.15, -0.1) is 0 Å². The van der Waals surface area contributed by atoms with Gasteiger partial charge in [-0.1, -0.05) is 36.7 Å². The number of hydrogen-bond acceptors (Lipinski definition) is 0. The molecular weight excluding hydrogens is 152 g/mol. The third kappa shape index (κ3) is 3.10. The van der Waals surface area contributed by atoms with Gasteiger partial charge in [-0.2, -0.15) is 0 Å². The highest BCUT2D eigenvalue weighted by Gasteiger charge is 2.03. The fourth-order valence-electron chi connectivity index (χ4n) is 0.471. The quantitative estimate of drug-likeness (QED) is 0.552. The fourth-order valence-corrected chi connectivity index (χ4v) is 0.471. The lowest BCUT2D eigenvalue weighted by Crippen LogP contribution is -2.03. The molecule has 0 fully saturated rings. The standard InChI is InChI=1S/C6H13Br/c1-4-6(7)5(2)3/h5-6H,4H2,1-3H3. The van der Waals surface area contributed by atoms with Crippen molar-refractivity contribution in [3.8, 4) is 0 Å². The van der Waals surface area contributed by atoms with E-state index in [4.69, 9.17) is 0 Å². The van der Waals surface area contributed by atoms with Crippen molar-refractivity contribution < 1.29 is 0 Å². The summed E-state index contributed by atoms with van der Waals surface area (Å²) in [6.45, 7) is 6.64. The molecule has 0 aliphatic heterocycles. The van der Waals surface area contributed by atoms with E-state index in [0.29, 0.717) is 4.83 Å². The molecule has 0 spiro atoms. The summed E-state index contributed by atoms with van der Waals surface area (Å²) in [5.41, 5.74) is 0. The van der Waals surface area contributed by atoms with E-state index in [1.165, 1.54) is 6.42 Å².